The van der Waals surface area contributed by atoms with Crippen molar-refractivity contribution in [2.24, 2.45) is 5.92 Å². The van der Waals surface area contributed by atoms with E-state index >= 15 is 0 Å². The van der Waals surface area contributed by atoms with Crippen molar-refractivity contribution in [1.29, 1.82) is 0 Å². The number of hydrogen-bond acceptors (Lipinski definition) is 3. The fourth-order valence-electron chi connectivity index (χ4n) is 3.21. The SMILES string of the molecule is O=C(Cc1ccc(C(F)(F)F)cc1)N1CCCC(C2OCCO2)C1. The van der Waals surface area contributed by atoms with Crippen LogP contribution in [0, 0.1) is 5.92 Å². The van der Waals surface area contributed by atoms with E-state index in [4.69, 9.17) is 9.47 Å². The van der Waals surface area contributed by atoms with Gasteiger partial charge >= 0.3 is 6.18 Å². The van der Waals surface area contributed by atoms with Gasteiger partial charge in [0.05, 0.1) is 25.2 Å². The Bertz CT molecular complexity index is 567. The number of likely N-dealkylation sites (tertiary alicyclic amines) is 1. The molecule has 3 rings (SSSR count). The fraction of sp³-hybridized carbons (Fsp3) is 0.588. The third-order valence-corrected chi connectivity index (χ3v) is 4.48. The summed E-state index contributed by atoms with van der Waals surface area (Å²) in [7, 11) is 0. The van der Waals surface area contributed by atoms with Crippen LogP contribution >= 0.6 is 0 Å². The minimum absolute atomic E-state index is 0.0718. The summed E-state index contributed by atoms with van der Waals surface area (Å²) in [5.41, 5.74) is -0.115. The van der Waals surface area contributed by atoms with Gasteiger partial charge in [-0.2, -0.15) is 13.2 Å². The van der Waals surface area contributed by atoms with Gasteiger partial charge in [-0.15, -0.1) is 0 Å². The minimum Gasteiger partial charge on any atom is -0.350 e. The maximum Gasteiger partial charge on any atom is 0.416 e. The number of benzene rings is 1. The number of amides is 1. The zero-order valence-corrected chi connectivity index (χ0v) is 13.2. The molecule has 0 aliphatic carbocycles. The highest BCUT2D eigenvalue weighted by molar-refractivity contribution is 5.78. The molecule has 2 aliphatic rings. The number of hydrogen-bond donors (Lipinski definition) is 0. The second-order valence-corrected chi connectivity index (χ2v) is 6.22. The smallest absolute Gasteiger partial charge is 0.350 e. The Labute approximate surface area is 138 Å². The van der Waals surface area contributed by atoms with Crippen LogP contribution in [0.4, 0.5) is 13.2 Å². The second-order valence-electron chi connectivity index (χ2n) is 6.22. The Morgan fingerprint density at radius 3 is 2.46 bits per heavy atom. The molecule has 2 heterocycles. The van der Waals surface area contributed by atoms with E-state index in [1.165, 1.54) is 12.1 Å². The van der Waals surface area contributed by atoms with Gasteiger partial charge in [-0.1, -0.05) is 12.1 Å². The topological polar surface area (TPSA) is 38.8 Å². The quantitative estimate of drug-likeness (QED) is 0.847. The van der Waals surface area contributed by atoms with Gasteiger partial charge in [0.1, 0.15) is 0 Å². The summed E-state index contributed by atoms with van der Waals surface area (Å²) in [6.45, 7) is 2.41. The normalized spacial score (nSPS) is 22.8. The molecule has 0 radical (unpaired) electrons. The predicted octanol–water partition coefficient (Wildman–Crippen LogP) is 2.86. The summed E-state index contributed by atoms with van der Waals surface area (Å²) in [6, 6.07) is 4.76. The third-order valence-electron chi connectivity index (χ3n) is 4.48. The summed E-state index contributed by atoms with van der Waals surface area (Å²) in [4.78, 5) is 14.2. The molecule has 1 amide bonds. The van der Waals surface area contributed by atoms with Crippen LogP contribution < -0.4 is 0 Å². The predicted molar refractivity (Wildman–Crippen MR) is 80.1 cm³/mol. The first kappa shape index (κ1) is 17.2. The number of carbonyl (C=O) groups is 1. The summed E-state index contributed by atoms with van der Waals surface area (Å²) in [5.74, 6) is 0.0928. The first-order valence-electron chi connectivity index (χ1n) is 8.10. The van der Waals surface area contributed by atoms with E-state index in [2.05, 4.69) is 0 Å². The van der Waals surface area contributed by atoms with E-state index in [1.807, 2.05) is 0 Å². The van der Waals surface area contributed by atoms with Crippen LogP contribution in [-0.2, 0) is 26.9 Å². The van der Waals surface area contributed by atoms with Crippen molar-refractivity contribution in [1.82, 2.24) is 4.90 Å². The van der Waals surface area contributed by atoms with Gasteiger partial charge < -0.3 is 14.4 Å². The molecule has 2 aliphatic heterocycles. The maximum atomic E-state index is 12.6. The number of halogens is 3. The lowest BCUT2D eigenvalue weighted by atomic mass is 9.96. The minimum atomic E-state index is -4.36. The van der Waals surface area contributed by atoms with Crippen LogP contribution in [0.15, 0.2) is 24.3 Å². The maximum absolute atomic E-state index is 12.6. The average Bonchev–Trinajstić information content (AvgIpc) is 3.09. The zero-order chi connectivity index (χ0) is 17.2. The zero-order valence-electron chi connectivity index (χ0n) is 13.2. The third kappa shape index (κ3) is 4.08. The van der Waals surface area contributed by atoms with E-state index in [0.717, 1.165) is 25.0 Å². The van der Waals surface area contributed by atoms with Crippen LogP contribution in [0.1, 0.15) is 24.0 Å². The summed E-state index contributed by atoms with van der Waals surface area (Å²) in [5, 5.41) is 0. The molecule has 0 N–H and O–H groups in total. The molecule has 2 fully saturated rings. The van der Waals surface area contributed by atoms with Gasteiger partial charge in [-0.3, -0.25) is 4.79 Å². The first-order chi connectivity index (χ1) is 11.4. The summed E-state index contributed by atoms with van der Waals surface area (Å²) < 4.78 is 48.7. The Morgan fingerprint density at radius 2 is 1.83 bits per heavy atom. The van der Waals surface area contributed by atoms with Crippen molar-refractivity contribution in [3.8, 4) is 0 Å². The molecule has 7 heteroatoms. The lowest BCUT2D eigenvalue weighted by molar-refractivity contribution is -0.138. The van der Waals surface area contributed by atoms with E-state index in [1.54, 1.807) is 4.90 Å². The van der Waals surface area contributed by atoms with Crippen molar-refractivity contribution >= 4 is 5.91 Å². The van der Waals surface area contributed by atoms with E-state index in [9.17, 15) is 18.0 Å². The molecule has 0 spiro atoms. The van der Waals surface area contributed by atoms with Crippen molar-refractivity contribution in [2.45, 2.75) is 31.7 Å². The number of alkyl halides is 3. The van der Waals surface area contributed by atoms with Crippen molar-refractivity contribution < 1.29 is 27.4 Å². The van der Waals surface area contributed by atoms with Crippen LogP contribution in [0.5, 0.6) is 0 Å². The van der Waals surface area contributed by atoms with Crippen molar-refractivity contribution in [2.75, 3.05) is 26.3 Å². The van der Waals surface area contributed by atoms with E-state index in [0.29, 0.717) is 31.9 Å². The lowest BCUT2D eigenvalue weighted by Crippen LogP contribution is -2.44. The van der Waals surface area contributed by atoms with E-state index < -0.39 is 11.7 Å². The molecule has 1 atom stereocenters. The van der Waals surface area contributed by atoms with Crippen LogP contribution in [0.25, 0.3) is 0 Å². The Kier molecular flexibility index (Phi) is 5.10. The van der Waals surface area contributed by atoms with Gasteiger partial charge in [0.15, 0.2) is 6.29 Å². The van der Waals surface area contributed by atoms with Gasteiger partial charge in [0.25, 0.3) is 0 Å². The monoisotopic (exact) mass is 343 g/mol. The van der Waals surface area contributed by atoms with Crippen LogP contribution in [-0.4, -0.2) is 43.4 Å². The molecule has 4 nitrogen and oxygen atoms in total. The number of carbonyl (C=O) groups excluding carboxylic acids is 1. The Hall–Kier alpha value is -1.60. The van der Waals surface area contributed by atoms with Crippen LogP contribution in [0.3, 0.4) is 0 Å². The van der Waals surface area contributed by atoms with E-state index in [-0.39, 0.29) is 24.5 Å². The standard InChI is InChI=1S/C17H20F3NO3/c18-17(19,20)14-5-3-12(4-6-14)10-15(22)21-7-1-2-13(11-21)16-23-8-9-24-16/h3-6,13,16H,1-2,7-11H2. The number of piperidine rings is 1. The second kappa shape index (κ2) is 7.11. The lowest BCUT2D eigenvalue weighted by Gasteiger charge is -2.34. The first-order valence-corrected chi connectivity index (χ1v) is 8.10. The molecule has 0 aromatic heterocycles. The average molecular weight is 343 g/mol. The fourth-order valence-corrected chi connectivity index (χ4v) is 3.21. The highest BCUT2D eigenvalue weighted by Gasteiger charge is 2.33. The highest BCUT2D eigenvalue weighted by Crippen LogP contribution is 2.29. The molecule has 1 aromatic rings. The van der Waals surface area contributed by atoms with Crippen molar-refractivity contribution in [3.05, 3.63) is 35.4 Å². The summed E-state index contributed by atoms with van der Waals surface area (Å²) >= 11 is 0. The molecule has 1 unspecified atom stereocenters. The van der Waals surface area contributed by atoms with Gasteiger partial charge in [-0.05, 0) is 30.5 Å². The molecule has 0 saturated carbocycles. The summed E-state index contributed by atoms with van der Waals surface area (Å²) in [6.07, 6.45) is -2.66. The largest absolute Gasteiger partial charge is 0.416 e. The molecular weight excluding hydrogens is 323 g/mol. The highest BCUT2D eigenvalue weighted by atomic mass is 19.4. The molecule has 0 bridgehead atoms. The Morgan fingerprint density at radius 1 is 1.17 bits per heavy atom. The molecular formula is C17H20F3NO3. The van der Waals surface area contributed by atoms with Gasteiger partial charge in [-0.25, -0.2) is 0 Å². The molecule has 24 heavy (non-hydrogen) atoms. The number of ether oxygens (including phenoxy) is 2. The van der Waals surface area contributed by atoms with Gasteiger partial charge in [0.2, 0.25) is 5.91 Å². The molecule has 132 valence electrons. The molecule has 1 aromatic carbocycles. The Balaban J connectivity index is 1.57. The van der Waals surface area contributed by atoms with Crippen LogP contribution in [0.2, 0.25) is 0 Å². The molecule has 2 saturated heterocycles. The number of rotatable bonds is 3. The van der Waals surface area contributed by atoms with Gasteiger partial charge in [0, 0.05) is 19.0 Å². The number of nitrogens with zero attached hydrogens (tertiary/aromatic N) is 1. The van der Waals surface area contributed by atoms with Crippen molar-refractivity contribution in [3.63, 3.8) is 0 Å².